The maximum Gasteiger partial charge on any atom is 0.191 e. The molecule has 0 spiro atoms. The van der Waals surface area contributed by atoms with Crippen LogP contribution in [0.5, 0.6) is 0 Å². The lowest BCUT2D eigenvalue weighted by Gasteiger charge is -2.26. The number of guanidine groups is 1. The monoisotopic (exact) mass is 469 g/mol. The summed E-state index contributed by atoms with van der Waals surface area (Å²) in [5, 5.41) is 6.76. The summed E-state index contributed by atoms with van der Waals surface area (Å²) in [5.41, 5.74) is 2.03. The molecule has 6 nitrogen and oxygen atoms in total. The molecule has 1 aliphatic rings. The molecule has 0 aromatic carbocycles. The Balaban J connectivity index is 0.00000243. The van der Waals surface area contributed by atoms with Gasteiger partial charge in [-0.15, -0.1) is 24.0 Å². The van der Waals surface area contributed by atoms with Crippen LogP contribution in [0.25, 0.3) is 0 Å². The van der Waals surface area contributed by atoms with Gasteiger partial charge in [0.25, 0.3) is 0 Å². The molecule has 3 heterocycles. The minimum atomic E-state index is 0. The molecule has 1 fully saturated rings. The van der Waals surface area contributed by atoms with E-state index in [0.29, 0.717) is 6.54 Å². The fourth-order valence-electron chi connectivity index (χ4n) is 3.23. The molecule has 26 heavy (non-hydrogen) atoms. The number of nitrogens with zero attached hydrogens (tertiary/aromatic N) is 3. The van der Waals surface area contributed by atoms with Crippen molar-refractivity contribution in [3.63, 3.8) is 0 Å². The number of aromatic nitrogens is 1. The normalized spacial score (nSPS) is 16.2. The largest absolute Gasteiger partial charge is 0.468 e. The predicted octanol–water partition coefficient (Wildman–Crippen LogP) is 3.10. The summed E-state index contributed by atoms with van der Waals surface area (Å²) in [6.45, 7) is 5.64. The second-order valence-corrected chi connectivity index (χ2v) is 6.35. The van der Waals surface area contributed by atoms with E-state index in [-0.39, 0.29) is 30.0 Å². The number of pyridine rings is 1. The molecule has 2 aromatic rings. The smallest absolute Gasteiger partial charge is 0.191 e. The Kier molecular flexibility index (Phi) is 8.37. The summed E-state index contributed by atoms with van der Waals surface area (Å²) in [5.74, 6) is 1.78. The summed E-state index contributed by atoms with van der Waals surface area (Å²) < 4.78 is 5.66. The van der Waals surface area contributed by atoms with Gasteiger partial charge in [0.2, 0.25) is 0 Å². The maximum absolute atomic E-state index is 5.66. The number of hydrogen-bond acceptors (Lipinski definition) is 4. The third-order valence-corrected chi connectivity index (χ3v) is 4.52. The molecule has 3 rings (SSSR count). The van der Waals surface area contributed by atoms with Gasteiger partial charge in [-0.05, 0) is 57.1 Å². The van der Waals surface area contributed by atoms with E-state index in [2.05, 4.69) is 31.6 Å². The molecular weight excluding hydrogens is 441 g/mol. The fourth-order valence-corrected chi connectivity index (χ4v) is 3.23. The van der Waals surface area contributed by atoms with Crippen molar-refractivity contribution in [1.82, 2.24) is 20.5 Å². The molecule has 7 heteroatoms. The first kappa shape index (κ1) is 20.7. The molecule has 0 saturated carbocycles. The summed E-state index contributed by atoms with van der Waals surface area (Å²) in [7, 11) is 1.79. The van der Waals surface area contributed by atoms with E-state index in [9.17, 15) is 0 Å². The number of halogens is 1. The van der Waals surface area contributed by atoms with Crippen molar-refractivity contribution in [3.05, 3.63) is 53.7 Å². The topological polar surface area (TPSA) is 65.7 Å². The van der Waals surface area contributed by atoms with Crippen molar-refractivity contribution in [2.75, 3.05) is 26.7 Å². The van der Waals surface area contributed by atoms with E-state index < -0.39 is 0 Å². The van der Waals surface area contributed by atoms with E-state index in [4.69, 9.17) is 4.42 Å². The molecule has 2 N–H and O–H groups in total. The molecule has 1 unspecified atom stereocenters. The Morgan fingerprint density at radius 2 is 2.04 bits per heavy atom. The third-order valence-electron chi connectivity index (χ3n) is 4.52. The van der Waals surface area contributed by atoms with Crippen LogP contribution in [0, 0.1) is 6.92 Å². The molecule has 0 amide bonds. The van der Waals surface area contributed by atoms with Gasteiger partial charge >= 0.3 is 0 Å². The fraction of sp³-hybridized carbons (Fsp3) is 0.474. The molecule has 1 aliphatic heterocycles. The van der Waals surface area contributed by atoms with Crippen molar-refractivity contribution in [1.29, 1.82) is 0 Å². The second kappa shape index (κ2) is 10.5. The molecule has 0 radical (unpaired) electrons. The van der Waals surface area contributed by atoms with Gasteiger partial charge in [-0.1, -0.05) is 6.07 Å². The van der Waals surface area contributed by atoms with Gasteiger partial charge in [0, 0.05) is 19.3 Å². The van der Waals surface area contributed by atoms with Crippen LogP contribution in [0.3, 0.4) is 0 Å². The van der Waals surface area contributed by atoms with Crippen molar-refractivity contribution in [2.24, 2.45) is 4.99 Å². The highest BCUT2D eigenvalue weighted by molar-refractivity contribution is 14.0. The third kappa shape index (κ3) is 5.70. The van der Waals surface area contributed by atoms with E-state index in [1.165, 1.54) is 12.8 Å². The zero-order valence-electron chi connectivity index (χ0n) is 15.4. The Morgan fingerprint density at radius 1 is 1.23 bits per heavy atom. The van der Waals surface area contributed by atoms with Crippen LogP contribution in [-0.2, 0) is 6.54 Å². The molecule has 1 saturated heterocycles. The number of nitrogens with one attached hydrogen (secondary N) is 2. The van der Waals surface area contributed by atoms with Crippen LogP contribution < -0.4 is 10.6 Å². The van der Waals surface area contributed by atoms with Gasteiger partial charge in [0.1, 0.15) is 5.76 Å². The highest BCUT2D eigenvalue weighted by Crippen LogP contribution is 2.24. The van der Waals surface area contributed by atoms with Crippen LogP contribution >= 0.6 is 24.0 Å². The Morgan fingerprint density at radius 3 is 2.69 bits per heavy atom. The highest BCUT2D eigenvalue weighted by atomic mass is 127. The summed E-state index contributed by atoms with van der Waals surface area (Å²) >= 11 is 0. The average Bonchev–Trinajstić information content (AvgIpc) is 3.32. The van der Waals surface area contributed by atoms with Gasteiger partial charge in [0.05, 0.1) is 24.5 Å². The molecular formula is C19H28IN5O. The number of furan rings is 1. The molecule has 0 aliphatic carbocycles. The standard InChI is InChI=1S/C19H27N5O.HI/c1-15-7-5-8-16(23-15)13-21-19(20-2)22-14-17(18-9-6-12-25-18)24-10-3-4-11-24;/h5-9,12,17H,3-4,10-11,13-14H2,1-2H3,(H2,20,21,22);1H. The van der Waals surface area contributed by atoms with Gasteiger partial charge in [-0.3, -0.25) is 14.9 Å². The van der Waals surface area contributed by atoms with Gasteiger partial charge < -0.3 is 15.1 Å². The second-order valence-electron chi connectivity index (χ2n) is 6.35. The van der Waals surface area contributed by atoms with Crippen LogP contribution in [0.4, 0.5) is 0 Å². The first-order valence-electron chi connectivity index (χ1n) is 8.91. The summed E-state index contributed by atoms with van der Waals surface area (Å²) in [6, 6.07) is 10.3. The number of likely N-dealkylation sites (tertiary alicyclic amines) is 1. The predicted molar refractivity (Wildman–Crippen MR) is 115 cm³/mol. The number of hydrogen-bond donors (Lipinski definition) is 2. The first-order chi connectivity index (χ1) is 12.3. The Bertz CT molecular complexity index is 683. The minimum absolute atomic E-state index is 0. The van der Waals surface area contributed by atoms with Crippen LogP contribution in [0.2, 0.25) is 0 Å². The lowest BCUT2D eigenvalue weighted by molar-refractivity contribution is 0.215. The zero-order chi connectivity index (χ0) is 17.5. The van der Waals surface area contributed by atoms with E-state index >= 15 is 0 Å². The Labute approximate surface area is 172 Å². The molecule has 142 valence electrons. The lowest BCUT2D eigenvalue weighted by atomic mass is 10.2. The van der Waals surface area contributed by atoms with Crippen LogP contribution in [-0.4, -0.2) is 42.5 Å². The quantitative estimate of drug-likeness (QED) is 0.387. The molecule has 2 aromatic heterocycles. The molecule has 1 atom stereocenters. The Hall–Kier alpha value is -1.61. The van der Waals surface area contributed by atoms with Gasteiger partial charge in [-0.2, -0.15) is 0 Å². The van der Waals surface area contributed by atoms with E-state index in [0.717, 1.165) is 42.7 Å². The van der Waals surface area contributed by atoms with E-state index in [1.807, 2.05) is 31.2 Å². The number of rotatable bonds is 6. The number of aryl methyl sites for hydroxylation is 1. The lowest BCUT2D eigenvalue weighted by Crippen LogP contribution is -2.42. The van der Waals surface area contributed by atoms with Gasteiger partial charge in [-0.25, -0.2) is 0 Å². The maximum atomic E-state index is 5.66. The average molecular weight is 469 g/mol. The highest BCUT2D eigenvalue weighted by Gasteiger charge is 2.25. The van der Waals surface area contributed by atoms with Gasteiger partial charge in [0.15, 0.2) is 5.96 Å². The first-order valence-corrected chi connectivity index (χ1v) is 8.91. The SMILES string of the molecule is CN=C(NCc1cccc(C)n1)NCC(c1ccco1)N1CCCC1.I. The summed E-state index contributed by atoms with van der Waals surface area (Å²) in [4.78, 5) is 11.3. The van der Waals surface area contributed by atoms with Crippen molar-refractivity contribution >= 4 is 29.9 Å². The summed E-state index contributed by atoms with van der Waals surface area (Å²) in [6.07, 6.45) is 4.25. The van der Waals surface area contributed by atoms with E-state index in [1.54, 1.807) is 13.3 Å². The number of aliphatic imine (C=N–C) groups is 1. The van der Waals surface area contributed by atoms with Crippen molar-refractivity contribution in [3.8, 4) is 0 Å². The van der Waals surface area contributed by atoms with Crippen LogP contribution in [0.1, 0.15) is 36.0 Å². The minimum Gasteiger partial charge on any atom is -0.468 e. The van der Waals surface area contributed by atoms with Crippen LogP contribution in [0.15, 0.2) is 46.0 Å². The zero-order valence-corrected chi connectivity index (χ0v) is 17.8. The van der Waals surface area contributed by atoms with Crippen molar-refractivity contribution < 1.29 is 4.42 Å². The molecule has 0 bridgehead atoms. The van der Waals surface area contributed by atoms with Crippen molar-refractivity contribution in [2.45, 2.75) is 32.4 Å².